The second-order valence-corrected chi connectivity index (χ2v) is 6.72. The lowest BCUT2D eigenvalue weighted by atomic mass is 10.5. The van der Waals surface area contributed by atoms with Gasteiger partial charge in [-0.1, -0.05) is 11.6 Å². The lowest BCUT2D eigenvalue weighted by Crippen LogP contribution is -2.11. The second-order valence-electron chi connectivity index (χ2n) is 3.10. The molecule has 0 atom stereocenters. The summed E-state index contributed by atoms with van der Waals surface area (Å²) >= 11 is 6.68. The third-order valence-corrected chi connectivity index (χ3v) is 4.84. The van der Waals surface area contributed by atoms with Crippen molar-refractivity contribution in [1.29, 1.82) is 0 Å². The zero-order valence-corrected chi connectivity index (χ0v) is 10.6. The molecule has 0 aliphatic rings. The summed E-state index contributed by atoms with van der Waals surface area (Å²) in [6, 6.07) is 4.60. The first-order valence-electron chi connectivity index (χ1n) is 4.27. The minimum atomic E-state index is -3.58. The predicted molar refractivity (Wildman–Crippen MR) is 63.5 cm³/mol. The van der Waals surface area contributed by atoms with Gasteiger partial charge in [0, 0.05) is 11.8 Å². The number of aromatic nitrogens is 2. The van der Waals surface area contributed by atoms with Crippen molar-refractivity contribution in [1.82, 2.24) is 10.2 Å². The zero-order valence-electron chi connectivity index (χ0n) is 8.19. The van der Waals surface area contributed by atoms with Gasteiger partial charge >= 0.3 is 0 Å². The van der Waals surface area contributed by atoms with E-state index in [1.54, 1.807) is 13.0 Å². The van der Waals surface area contributed by atoms with Crippen LogP contribution in [0.3, 0.4) is 0 Å². The maximum atomic E-state index is 11.8. The van der Waals surface area contributed by atoms with E-state index in [2.05, 4.69) is 14.9 Å². The van der Waals surface area contributed by atoms with Crippen LogP contribution in [0, 0.1) is 6.92 Å². The number of hydrogen-bond acceptors (Lipinski definition) is 4. The molecule has 0 fully saturated rings. The molecule has 2 aromatic rings. The molecule has 5 nitrogen and oxygen atoms in total. The first kappa shape index (κ1) is 11.4. The van der Waals surface area contributed by atoms with Gasteiger partial charge in [0.1, 0.15) is 4.21 Å². The monoisotopic (exact) mass is 277 g/mol. The van der Waals surface area contributed by atoms with E-state index in [0.717, 1.165) is 17.0 Å². The summed E-state index contributed by atoms with van der Waals surface area (Å²) in [5.74, 6) is 0.266. The van der Waals surface area contributed by atoms with Crippen LogP contribution in [0.1, 0.15) is 5.69 Å². The average Bonchev–Trinajstić information content (AvgIpc) is 2.75. The fraction of sp³-hybridized carbons (Fsp3) is 0.125. The normalized spacial score (nSPS) is 11.6. The van der Waals surface area contributed by atoms with Gasteiger partial charge in [-0.05, 0) is 19.1 Å². The Morgan fingerprint density at radius 2 is 2.25 bits per heavy atom. The van der Waals surface area contributed by atoms with Crippen LogP contribution in [0.5, 0.6) is 0 Å². The molecule has 0 radical (unpaired) electrons. The van der Waals surface area contributed by atoms with Gasteiger partial charge in [0.25, 0.3) is 10.0 Å². The van der Waals surface area contributed by atoms with Crippen LogP contribution < -0.4 is 4.72 Å². The molecule has 0 aliphatic heterocycles. The third-order valence-electron chi connectivity index (χ3n) is 1.76. The lowest BCUT2D eigenvalue weighted by Gasteiger charge is -2.01. The third kappa shape index (κ3) is 2.37. The molecular formula is C8H8ClN3O2S2. The van der Waals surface area contributed by atoms with E-state index in [1.165, 1.54) is 12.1 Å². The number of H-pyrrole nitrogens is 1. The van der Waals surface area contributed by atoms with Crippen LogP contribution in [0.4, 0.5) is 5.82 Å². The van der Waals surface area contributed by atoms with Gasteiger partial charge in [-0.2, -0.15) is 5.10 Å². The van der Waals surface area contributed by atoms with E-state index < -0.39 is 10.0 Å². The minimum Gasteiger partial charge on any atom is -0.281 e. The first-order chi connectivity index (χ1) is 7.47. The fourth-order valence-corrected chi connectivity index (χ4v) is 3.58. The smallest absolute Gasteiger partial charge is 0.272 e. The summed E-state index contributed by atoms with van der Waals surface area (Å²) in [5.41, 5.74) is 0.780. The molecule has 0 aromatic carbocycles. The molecule has 2 rings (SSSR count). The van der Waals surface area contributed by atoms with E-state index >= 15 is 0 Å². The van der Waals surface area contributed by atoms with E-state index in [0.29, 0.717) is 4.34 Å². The van der Waals surface area contributed by atoms with Crippen LogP contribution in [-0.2, 0) is 10.0 Å². The highest BCUT2D eigenvalue weighted by molar-refractivity contribution is 7.94. The van der Waals surface area contributed by atoms with Crippen LogP contribution in [0.2, 0.25) is 4.34 Å². The maximum Gasteiger partial charge on any atom is 0.272 e. The van der Waals surface area contributed by atoms with Crippen LogP contribution in [-0.4, -0.2) is 18.6 Å². The average molecular weight is 278 g/mol. The molecule has 2 heterocycles. The highest BCUT2D eigenvalue weighted by Crippen LogP contribution is 2.26. The Bertz CT molecular complexity index is 602. The Kier molecular flexibility index (Phi) is 2.92. The highest BCUT2D eigenvalue weighted by atomic mass is 35.5. The van der Waals surface area contributed by atoms with Gasteiger partial charge in [-0.15, -0.1) is 11.3 Å². The molecule has 16 heavy (non-hydrogen) atoms. The molecule has 2 aromatic heterocycles. The number of aryl methyl sites for hydroxylation is 1. The summed E-state index contributed by atoms with van der Waals surface area (Å²) in [4.78, 5) is 0. The molecule has 0 amide bonds. The number of halogens is 1. The standard InChI is InChI=1S/C8H8ClN3O2S2/c1-5-4-7(11-10-5)12-16(13,14)8-3-2-6(9)15-8/h2-4H,1H3,(H2,10,11,12). The van der Waals surface area contributed by atoms with E-state index in [4.69, 9.17) is 11.6 Å². The summed E-state index contributed by atoms with van der Waals surface area (Å²) < 4.78 is 26.6. The van der Waals surface area contributed by atoms with Crippen molar-refractivity contribution < 1.29 is 8.42 Å². The van der Waals surface area contributed by atoms with Gasteiger partial charge in [0.2, 0.25) is 0 Å². The zero-order chi connectivity index (χ0) is 11.8. The van der Waals surface area contributed by atoms with Gasteiger partial charge in [0.05, 0.1) is 4.34 Å². The molecular weight excluding hydrogens is 270 g/mol. The van der Waals surface area contributed by atoms with E-state index in [-0.39, 0.29) is 10.0 Å². The van der Waals surface area contributed by atoms with E-state index in [9.17, 15) is 8.42 Å². The number of sulfonamides is 1. The number of aromatic amines is 1. The van der Waals surface area contributed by atoms with Gasteiger partial charge in [0.15, 0.2) is 5.82 Å². The molecule has 0 aliphatic carbocycles. The molecule has 0 bridgehead atoms. The summed E-state index contributed by atoms with van der Waals surface area (Å²) in [7, 11) is -3.58. The maximum absolute atomic E-state index is 11.8. The number of anilines is 1. The molecule has 0 unspecified atom stereocenters. The fourth-order valence-electron chi connectivity index (χ4n) is 1.10. The second kappa shape index (κ2) is 4.08. The molecule has 2 N–H and O–H groups in total. The number of nitrogens with zero attached hydrogens (tertiary/aromatic N) is 1. The van der Waals surface area contributed by atoms with Crippen LogP contribution in [0.25, 0.3) is 0 Å². The molecule has 0 saturated carbocycles. The Balaban J connectivity index is 2.27. The molecule has 0 spiro atoms. The van der Waals surface area contributed by atoms with Crippen LogP contribution >= 0.6 is 22.9 Å². The molecule has 86 valence electrons. The van der Waals surface area contributed by atoms with Crippen molar-refractivity contribution in [2.75, 3.05) is 4.72 Å². The Morgan fingerprint density at radius 1 is 1.50 bits per heavy atom. The summed E-state index contributed by atoms with van der Waals surface area (Å²) in [6.07, 6.45) is 0. The largest absolute Gasteiger partial charge is 0.281 e. The van der Waals surface area contributed by atoms with Crippen molar-refractivity contribution in [3.05, 3.63) is 28.2 Å². The quantitative estimate of drug-likeness (QED) is 0.903. The highest BCUT2D eigenvalue weighted by Gasteiger charge is 2.17. The Morgan fingerprint density at radius 3 is 2.75 bits per heavy atom. The van der Waals surface area contributed by atoms with E-state index in [1.807, 2.05) is 0 Å². The number of nitrogens with one attached hydrogen (secondary N) is 2. The van der Waals surface area contributed by atoms with Gasteiger partial charge in [-0.3, -0.25) is 9.82 Å². The van der Waals surface area contributed by atoms with Crippen molar-refractivity contribution in [3.8, 4) is 0 Å². The molecule has 8 heteroatoms. The van der Waals surface area contributed by atoms with Crippen molar-refractivity contribution in [2.24, 2.45) is 0 Å². The lowest BCUT2D eigenvalue weighted by molar-refractivity contribution is 0.603. The first-order valence-corrected chi connectivity index (χ1v) is 6.95. The SMILES string of the molecule is Cc1cc(NS(=O)(=O)c2ccc(Cl)s2)n[nH]1. The Hall–Kier alpha value is -1.05. The van der Waals surface area contributed by atoms with Gasteiger partial charge in [-0.25, -0.2) is 8.42 Å². The molecule has 0 saturated heterocycles. The number of hydrogen-bond donors (Lipinski definition) is 2. The number of thiophene rings is 1. The van der Waals surface area contributed by atoms with Crippen LogP contribution in [0.15, 0.2) is 22.4 Å². The summed E-state index contributed by atoms with van der Waals surface area (Å²) in [6.45, 7) is 1.78. The number of rotatable bonds is 3. The van der Waals surface area contributed by atoms with Gasteiger partial charge < -0.3 is 0 Å². The van der Waals surface area contributed by atoms with Crippen molar-refractivity contribution in [3.63, 3.8) is 0 Å². The minimum absolute atomic E-state index is 0.165. The Labute approximate surface area is 102 Å². The summed E-state index contributed by atoms with van der Waals surface area (Å²) in [5, 5.41) is 6.44. The van der Waals surface area contributed by atoms with Crippen molar-refractivity contribution in [2.45, 2.75) is 11.1 Å². The van der Waals surface area contributed by atoms with Crippen molar-refractivity contribution >= 4 is 38.8 Å². The predicted octanol–water partition coefficient (Wildman–Crippen LogP) is 2.23. The topological polar surface area (TPSA) is 74.8 Å².